The zero-order valence-electron chi connectivity index (χ0n) is 10.2. The number of halogens is 3. The van der Waals surface area contributed by atoms with Gasteiger partial charge in [-0.05, 0) is 26.0 Å². The van der Waals surface area contributed by atoms with Crippen LogP contribution in [0.3, 0.4) is 0 Å². The molecule has 0 amide bonds. The van der Waals surface area contributed by atoms with E-state index in [0.717, 1.165) is 18.9 Å². The quantitative estimate of drug-likeness (QED) is 0.751. The van der Waals surface area contributed by atoms with Crippen LogP contribution in [-0.2, 0) is 0 Å². The summed E-state index contributed by atoms with van der Waals surface area (Å²) in [5, 5.41) is 3.13. The number of nitrogens with two attached hydrogens (primary N) is 1. The van der Waals surface area contributed by atoms with Crippen molar-refractivity contribution >= 4 is 0 Å². The van der Waals surface area contributed by atoms with Crippen LogP contribution in [0.25, 0.3) is 0 Å². The molecule has 0 aromatic carbocycles. The molecule has 0 heterocycles. The van der Waals surface area contributed by atoms with Crippen molar-refractivity contribution in [3.05, 3.63) is 23.4 Å². The predicted molar refractivity (Wildman–Crippen MR) is 62.3 cm³/mol. The second kappa shape index (κ2) is 5.12. The Bertz CT molecular complexity index is 331. The molecule has 1 aliphatic carbocycles. The molecule has 1 rings (SSSR count). The van der Waals surface area contributed by atoms with Gasteiger partial charge in [-0.25, -0.2) is 0 Å². The van der Waals surface area contributed by atoms with E-state index in [0.29, 0.717) is 13.0 Å². The lowest BCUT2D eigenvalue weighted by Crippen LogP contribution is -2.44. The largest absolute Gasteiger partial charge is 0.416 e. The molecule has 0 saturated carbocycles. The maximum Gasteiger partial charge on any atom is 0.416 e. The minimum Gasteiger partial charge on any atom is -0.402 e. The van der Waals surface area contributed by atoms with Gasteiger partial charge in [0, 0.05) is 17.7 Å². The van der Waals surface area contributed by atoms with E-state index in [1.54, 1.807) is 6.92 Å². The standard InChI is InChI=1S/C12H19F3N2/c1-3-4-5-17-11(2)7-9(12(13,14)15)6-10(16)8-11/h6-7,17H,3-5,8,16H2,1-2H3. The van der Waals surface area contributed by atoms with E-state index in [1.165, 1.54) is 6.08 Å². The summed E-state index contributed by atoms with van der Waals surface area (Å²) in [6.45, 7) is 4.48. The monoisotopic (exact) mass is 248 g/mol. The summed E-state index contributed by atoms with van der Waals surface area (Å²) in [6.07, 6.45) is 0.274. The van der Waals surface area contributed by atoms with Crippen LogP contribution in [0.1, 0.15) is 33.1 Å². The number of hydrogen-bond donors (Lipinski definition) is 2. The van der Waals surface area contributed by atoms with Crippen LogP contribution in [0.5, 0.6) is 0 Å². The Morgan fingerprint density at radius 2 is 2.12 bits per heavy atom. The molecular formula is C12H19F3N2. The zero-order valence-corrected chi connectivity index (χ0v) is 10.2. The molecule has 0 saturated heterocycles. The minimum absolute atomic E-state index is 0.270. The van der Waals surface area contributed by atoms with E-state index in [4.69, 9.17) is 5.73 Å². The first-order valence-corrected chi connectivity index (χ1v) is 5.78. The Hall–Kier alpha value is -0.970. The summed E-state index contributed by atoms with van der Waals surface area (Å²) in [6, 6.07) is 0. The van der Waals surface area contributed by atoms with Gasteiger partial charge in [-0.1, -0.05) is 19.4 Å². The maximum atomic E-state index is 12.7. The molecule has 1 aliphatic rings. The molecule has 1 atom stereocenters. The Labute approximate surface area is 99.8 Å². The number of alkyl halides is 3. The molecule has 0 aromatic rings. The zero-order chi connectivity index (χ0) is 13.1. The van der Waals surface area contributed by atoms with Crippen LogP contribution in [0.2, 0.25) is 0 Å². The summed E-state index contributed by atoms with van der Waals surface area (Å²) < 4.78 is 38.0. The molecule has 0 spiro atoms. The van der Waals surface area contributed by atoms with Gasteiger partial charge in [0.1, 0.15) is 0 Å². The van der Waals surface area contributed by atoms with Crippen LogP contribution in [0.15, 0.2) is 23.4 Å². The fourth-order valence-electron chi connectivity index (χ4n) is 1.94. The lowest BCUT2D eigenvalue weighted by atomic mass is 9.87. The first-order valence-electron chi connectivity index (χ1n) is 5.78. The highest BCUT2D eigenvalue weighted by atomic mass is 19.4. The van der Waals surface area contributed by atoms with Gasteiger partial charge in [-0.3, -0.25) is 0 Å². The van der Waals surface area contributed by atoms with E-state index >= 15 is 0 Å². The third-order valence-electron chi connectivity index (χ3n) is 2.77. The normalized spacial score (nSPS) is 25.5. The summed E-state index contributed by atoms with van der Waals surface area (Å²) in [4.78, 5) is 0. The summed E-state index contributed by atoms with van der Waals surface area (Å²) in [7, 11) is 0. The lowest BCUT2D eigenvalue weighted by Gasteiger charge is -2.32. The minimum atomic E-state index is -4.33. The van der Waals surface area contributed by atoms with Gasteiger partial charge in [0.2, 0.25) is 0 Å². The molecule has 5 heteroatoms. The molecule has 1 unspecified atom stereocenters. The van der Waals surface area contributed by atoms with Crippen molar-refractivity contribution in [2.24, 2.45) is 5.73 Å². The van der Waals surface area contributed by atoms with Gasteiger partial charge in [-0.2, -0.15) is 13.2 Å². The third-order valence-corrected chi connectivity index (χ3v) is 2.77. The highest BCUT2D eigenvalue weighted by Crippen LogP contribution is 2.34. The number of allylic oxidation sites excluding steroid dienone is 2. The number of unbranched alkanes of at least 4 members (excludes halogenated alkanes) is 1. The van der Waals surface area contributed by atoms with Crippen molar-refractivity contribution in [2.45, 2.75) is 44.8 Å². The smallest absolute Gasteiger partial charge is 0.402 e. The third kappa shape index (κ3) is 4.07. The van der Waals surface area contributed by atoms with E-state index in [-0.39, 0.29) is 5.70 Å². The van der Waals surface area contributed by atoms with Crippen molar-refractivity contribution in [1.82, 2.24) is 5.32 Å². The van der Waals surface area contributed by atoms with Gasteiger partial charge >= 0.3 is 6.18 Å². The van der Waals surface area contributed by atoms with E-state index in [9.17, 15) is 13.2 Å². The molecule has 0 aromatic heterocycles. The lowest BCUT2D eigenvalue weighted by molar-refractivity contribution is -0.0892. The second-order valence-corrected chi connectivity index (χ2v) is 4.69. The number of rotatable bonds is 4. The first kappa shape index (κ1) is 14.1. The van der Waals surface area contributed by atoms with Crippen molar-refractivity contribution < 1.29 is 13.2 Å². The van der Waals surface area contributed by atoms with Crippen molar-refractivity contribution in [2.75, 3.05) is 6.54 Å². The van der Waals surface area contributed by atoms with Crippen LogP contribution in [-0.4, -0.2) is 18.3 Å². The topological polar surface area (TPSA) is 38.0 Å². The van der Waals surface area contributed by atoms with Gasteiger partial charge in [0.15, 0.2) is 0 Å². The molecular weight excluding hydrogens is 229 g/mol. The molecule has 0 radical (unpaired) electrons. The van der Waals surface area contributed by atoms with Gasteiger partial charge in [0.25, 0.3) is 0 Å². The SMILES string of the molecule is CCCCNC1(C)C=C(C(F)(F)F)C=C(N)C1. The molecule has 3 N–H and O–H groups in total. The summed E-state index contributed by atoms with van der Waals surface area (Å²) in [5.74, 6) is 0. The maximum absolute atomic E-state index is 12.7. The Kier molecular flexibility index (Phi) is 4.25. The highest BCUT2D eigenvalue weighted by Gasteiger charge is 2.37. The second-order valence-electron chi connectivity index (χ2n) is 4.69. The number of hydrogen-bond acceptors (Lipinski definition) is 2. The van der Waals surface area contributed by atoms with E-state index < -0.39 is 17.3 Å². The molecule has 0 fully saturated rings. The molecule has 17 heavy (non-hydrogen) atoms. The van der Waals surface area contributed by atoms with Crippen LogP contribution in [0, 0.1) is 0 Å². The Morgan fingerprint density at radius 3 is 2.65 bits per heavy atom. The van der Waals surface area contributed by atoms with Crippen molar-refractivity contribution in [3.8, 4) is 0 Å². The van der Waals surface area contributed by atoms with Gasteiger partial charge < -0.3 is 11.1 Å². The molecule has 0 bridgehead atoms. The fourth-order valence-corrected chi connectivity index (χ4v) is 1.94. The summed E-state index contributed by atoms with van der Waals surface area (Å²) >= 11 is 0. The molecule has 98 valence electrons. The van der Waals surface area contributed by atoms with E-state index in [2.05, 4.69) is 5.32 Å². The average molecular weight is 248 g/mol. The average Bonchev–Trinajstić information content (AvgIpc) is 2.15. The van der Waals surface area contributed by atoms with Crippen molar-refractivity contribution in [3.63, 3.8) is 0 Å². The highest BCUT2D eigenvalue weighted by molar-refractivity contribution is 5.36. The summed E-state index contributed by atoms with van der Waals surface area (Å²) in [5.41, 5.74) is 4.50. The molecule has 0 aliphatic heterocycles. The molecule has 2 nitrogen and oxygen atoms in total. The number of nitrogens with one attached hydrogen (secondary N) is 1. The Balaban J connectivity index is 2.81. The van der Waals surface area contributed by atoms with Crippen LogP contribution >= 0.6 is 0 Å². The predicted octanol–water partition coefficient (Wildman–Crippen LogP) is 2.87. The Morgan fingerprint density at radius 1 is 1.47 bits per heavy atom. The first-order chi connectivity index (χ1) is 7.77. The van der Waals surface area contributed by atoms with Crippen LogP contribution < -0.4 is 11.1 Å². The fraction of sp³-hybridized carbons (Fsp3) is 0.667. The van der Waals surface area contributed by atoms with Crippen molar-refractivity contribution in [1.29, 1.82) is 0 Å². The van der Waals surface area contributed by atoms with Crippen LogP contribution in [0.4, 0.5) is 13.2 Å². The van der Waals surface area contributed by atoms with E-state index in [1.807, 2.05) is 6.92 Å². The van der Waals surface area contributed by atoms with Gasteiger partial charge in [-0.15, -0.1) is 0 Å². The van der Waals surface area contributed by atoms with Gasteiger partial charge in [0.05, 0.1) is 5.57 Å².